The van der Waals surface area contributed by atoms with Crippen LogP contribution in [0.25, 0.3) is 0 Å². The van der Waals surface area contributed by atoms with Crippen molar-refractivity contribution in [2.75, 3.05) is 0 Å². The van der Waals surface area contributed by atoms with E-state index in [4.69, 9.17) is 4.74 Å². The third-order valence-corrected chi connectivity index (χ3v) is 1.82. The van der Waals surface area contributed by atoms with Crippen molar-refractivity contribution < 1.29 is 9.84 Å². The van der Waals surface area contributed by atoms with Gasteiger partial charge in [-0.25, -0.2) is 0 Å². The van der Waals surface area contributed by atoms with Gasteiger partial charge in [-0.05, 0) is 32.4 Å². The molecule has 2 heteroatoms. The monoisotopic (exact) mass is 180 g/mol. The molecular weight excluding hydrogens is 164 g/mol. The molecule has 0 atom stereocenters. The molecule has 1 aromatic rings. The molecule has 0 saturated heterocycles. The minimum Gasteiger partial charge on any atom is -0.508 e. The van der Waals surface area contributed by atoms with E-state index in [0.717, 1.165) is 17.7 Å². The van der Waals surface area contributed by atoms with Gasteiger partial charge in [0.2, 0.25) is 0 Å². The van der Waals surface area contributed by atoms with Crippen LogP contribution in [0.1, 0.15) is 26.3 Å². The molecule has 72 valence electrons. The second-order valence-corrected chi connectivity index (χ2v) is 3.27. The molecule has 0 bridgehead atoms. The fraction of sp³-hybridized carbons (Fsp3) is 0.455. The minimum absolute atomic E-state index is 0.145. The van der Waals surface area contributed by atoms with Crippen LogP contribution >= 0.6 is 0 Å². The number of phenolic OH excluding ortho intramolecular Hbond substituents is 1. The van der Waals surface area contributed by atoms with Crippen LogP contribution in [0.3, 0.4) is 0 Å². The van der Waals surface area contributed by atoms with Gasteiger partial charge in [0.1, 0.15) is 11.5 Å². The summed E-state index contributed by atoms with van der Waals surface area (Å²) in [5, 5.41) is 9.52. The number of hydrogen-bond acceptors (Lipinski definition) is 2. The van der Waals surface area contributed by atoms with Gasteiger partial charge < -0.3 is 9.84 Å². The summed E-state index contributed by atoms with van der Waals surface area (Å²) in [5.74, 6) is 1.11. The van der Waals surface area contributed by atoms with Crippen molar-refractivity contribution in [3.63, 3.8) is 0 Å². The average molecular weight is 180 g/mol. The lowest BCUT2D eigenvalue weighted by Gasteiger charge is -2.13. The molecule has 1 rings (SSSR count). The van der Waals surface area contributed by atoms with Gasteiger partial charge in [-0.1, -0.05) is 13.0 Å². The minimum atomic E-state index is 0.145. The maximum absolute atomic E-state index is 9.52. The van der Waals surface area contributed by atoms with Crippen molar-refractivity contribution in [1.82, 2.24) is 0 Å². The summed E-state index contributed by atoms with van der Waals surface area (Å²) in [6.45, 7) is 5.95. The van der Waals surface area contributed by atoms with Gasteiger partial charge in [0.15, 0.2) is 0 Å². The molecule has 0 fully saturated rings. The number of benzene rings is 1. The van der Waals surface area contributed by atoms with Crippen LogP contribution in [-0.4, -0.2) is 11.2 Å². The Morgan fingerprint density at radius 3 is 2.62 bits per heavy atom. The lowest BCUT2D eigenvalue weighted by Crippen LogP contribution is -2.07. The van der Waals surface area contributed by atoms with Crippen LogP contribution in [0.4, 0.5) is 0 Å². The van der Waals surface area contributed by atoms with E-state index in [0.29, 0.717) is 5.75 Å². The average Bonchev–Trinajstić information content (AvgIpc) is 2.03. The highest BCUT2D eigenvalue weighted by molar-refractivity contribution is 5.43. The smallest absolute Gasteiger partial charge is 0.126 e. The predicted molar refractivity (Wildman–Crippen MR) is 53.2 cm³/mol. The molecule has 0 radical (unpaired) electrons. The number of phenols is 1. The van der Waals surface area contributed by atoms with Gasteiger partial charge in [0.05, 0.1) is 6.10 Å². The Kier molecular flexibility index (Phi) is 3.18. The Morgan fingerprint density at radius 2 is 2.08 bits per heavy atom. The molecule has 1 N–H and O–H groups in total. The molecule has 0 unspecified atom stereocenters. The highest BCUT2D eigenvalue weighted by Crippen LogP contribution is 2.28. The molecule has 0 aliphatic carbocycles. The highest BCUT2D eigenvalue weighted by Gasteiger charge is 2.07. The van der Waals surface area contributed by atoms with E-state index >= 15 is 0 Å². The van der Waals surface area contributed by atoms with Gasteiger partial charge in [0.25, 0.3) is 0 Å². The van der Waals surface area contributed by atoms with Gasteiger partial charge in [-0.3, -0.25) is 0 Å². The van der Waals surface area contributed by atoms with E-state index in [2.05, 4.69) is 0 Å². The Morgan fingerprint density at radius 1 is 1.38 bits per heavy atom. The zero-order valence-corrected chi connectivity index (χ0v) is 8.37. The fourth-order valence-electron chi connectivity index (χ4n) is 1.27. The summed E-state index contributed by atoms with van der Waals surface area (Å²) in [6, 6.07) is 5.37. The topological polar surface area (TPSA) is 29.5 Å². The second kappa shape index (κ2) is 4.17. The standard InChI is InChI=1S/C11H16O2/c1-4-9-10(12)6-5-7-11(9)13-8(2)3/h5-8,12H,4H2,1-3H3. The summed E-state index contributed by atoms with van der Waals surface area (Å²) < 4.78 is 5.56. The van der Waals surface area contributed by atoms with E-state index in [-0.39, 0.29) is 6.10 Å². The SMILES string of the molecule is CCc1c(O)cccc1OC(C)C. The van der Waals surface area contributed by atoms with Gasteiger partial charge in [0, 0.05) is 5.56 Å². The molecule has 0 aliphatic rings. The van der Waals surface area contributed by atoms with Gasteiger partial charge >= 0.3 is 0 Å². The van der Waals surface area contributed by atoms with E-state index in [1.54, 1.807) is 12.1 Å². The van der Waals surface area contributed by atoms with Crippen molar-refractivity contribution in [2.45, 2.75) is 33.3 Å². The van der Waals surface area contributed by atoms with Crippen molar-refractivity contribution in [2.24, 2.45) is 0 Å². The summed E-state index contributed by atoms with van der Waals surface area (Å²) in [4.78, 5) is 0. The summed E-state index contributed by atoms with van der Waals surface area (Å²) in [6.07, 6.45) is 0.932. The first-order valence-electron chi connectivity index (χ1n) is 4.62. The van der Waals surface area contributed by atoms with Crippen molar-refractivity contribution in [3.05, 3.63) is 23.8 Å². The lowest BCUT2D eigenvalue weighted by atomic mass is 10.1. The molecule has 13 heavy (non-hydrogen) atoms. The van der Waals surface area contributed by atoms with Crippen LogP contribution in [0.5, 0.6) is 11.5 Å². The molecule has 2 nitrogen and oxygen atoms in total. The van der Waals surface area contributed by atoms with Crippen molar-refractivity contribution >= 4 is 0 Å². The number of ether oxygens (including phenoxy) is 1. The zero-order chi connectivity index (χ0) is 9.84. The summed E-state index contributed by atoms with van der Waals surface area (Å²) in [7, 11) is 0. The van der Waals surface area contributed by atoms with Crippen LogP contribution in [0, 0.1) is 0 Å². The van der Waals surface area contributed by atoms with Crippen LogP contribution in [-0.2, 0) is 6.42 Å². The molecule has 0 heterocycles. The molecule has 0 saturated carbocycles. The Hall–Kier alpha value is -1.18. The van der Waals surface area contributed by atoms with E-state index in [1.807, 2.05) is 26.8 Å². The normalized spacial score (nSPS) is 10.5. The van der Waals surface area contributed by atoms with Crippen molar-refractivity contribution in [3.8, 4) is 11.5 Å². The van der Waals surface area contributed by atoms with Crippen molar-refractivity contribution in [1.29, 1.82) is 0 Å². The molecule has 0 spiro atoms. The van der Waals surface area contributed by atoms with E-state index < -0.39 is 0 Å². The molecule has 0 aliphatic heterocycles. The van der Waals surface area contributed by atoms with E-state index in [9.17, 15) is 5.11 Å². The maximum Gasteiger partial charge on any atom is 0.126 e. The van der Waals surface area contributed by atoms with E-state index in [1.165, 1.54) is 0 Å². The van der Waals surface area contributed by atoms with Crippen LogP contribution in [0.15, 0.2) is 18.2 Å². The first-order valence-corrected chi connectivity index (χ1v) is 4.62. The van der Waals surface area contributed by atoms with Gasteiger partial charge in [-0.15, -0.1) is 0 Å². The van der Waals surface area contributed by atoms with Crippen LogP contribution in [0.2, 0.25) is 0 Å². The maximum atomic E-state index is 9.52. The first-order chi connectivity index (χ1) is 6.15. The molecule has 0 aromatic heterocycles. The zero-order valence-electron chi connectivity index (χ0n) is 8.37. The lowest BCUT2D eigenvalue weighted by molar-refractivity contribution is 0.239. The first kappa shape index (κ1) is 9.90. The quantitative estimate of drug-likeness (QED) is 0.775. The Labute approximate surface area is 79.2 Å². The third-order valence-electron chi connectivity index (χ3n) is 1.82. The molecular formula is C11H16O2. The van der Waals surface area contributed by atoms with Crippen LogP contribution < -0.4 is 4.74 Å². The number of aromatic hydroxyl groups is 1. The second-order valence-electron chi connectivity index (χ2n) is 3.27. The molecule has 1 aromatic carbocycles. The third kappa shape index (κ3) is 2.38. The number of hydrogen-bond donors (Lipinski definition) is 1. The number of rotatable bonds is 3. The largest absolute Gasteiger partial charge is 0.508 e. The Bertz CT molecular complexity index is 279. The predicted octanol–water partition coefficient (Wildman–Crippen LogP) is 2.74. The Balaban J connectivity index is 2.98. The van der Waals surface area contributed by atoms with Gasteiger partial charge in [-0.2, -0.15) is 0 Å². The summed E-state index contributed by atoms with van der Waals surface area (Å²) in [5.41, 5.74) is 0.885. The highest BCUT2D eigenvalue weighted by atomic mass is 16.5. The summed E-state index contributed by atoms with van der Waals surface area (Å²) >= 11 is 0. The fourth-order valence-corrected chi connectivity index (χ4v) is 1.27. The molecule has 0 amide bonds.